The molecule has 1 amide bonds. The number of hydrogen-bond donors (Lipinski definition) is 0. The lowest BCUT2D eigenvalue weighted by Gasteiger charge is -2.42. The highest BCUT2D eigenvalue weighted by molar-refractivity contribution is 5.94. The average Bonchev–Trinajstić information content (AvgIpc) is 2.78. The molecule has 110 valence electrons. The third-order valence-corrected chi connectivity index (χ3v) is 4.50. The van der Waals surface area contributed by atoms with Crippen molar-refractivity contribution in [3.05, 3.63) is 46.3 Å². The molecule has 3 rings (SSSR count). The number of azide groups is 1. The fraction of sp³-hybridized carbons (Fsp3) is 0.533. The first-order valence-electron chi connectivity index (χ1n) is 7.20. The molecule has 6 heteroatoms. The molecule has 0 saturated carbocycles. The standard InChI is InChI=1S/C15H17FN4O/c16-15(10-18-19-17)8-12-6-7-13(9-15)20(12)14(21)11-4-2-1-3-5-11/h1-5,12-13H,6-10H2/t12-,13+,15?. The molecule has 5 nitrogen and oxygen atoms in total. The van der Waals surface area contributed by atoms with Gasteiger partial charge in [0.05, 0.1) is 6.54 Å². The van der Waals surface area contributed by atoms with Crippen LogP contribution in [0.25, 0.3) is 10.4 Å². The van der Waals surface area contributed by atoms with E-state index in [1.54, 1.807) is 12.1 Å². The number of halogens is 1. The molecule has 2 heterocycles. The lowest BCUT2D eigenvalue weighted by molar-refractivity contribution is 0.0168. The Morgan fingerprint density at radius 2 is 1.95 bits per heavy atom. The Balaban J connectivity index is 1.79. The zero-order valence-corrected chi connectivity index (χ0v) is 11.7. The van der Waals surface area contributed by atoms with Gasteiger partial charge in [-0.3, -0.25) is 4.79 Å². The van der Waals surface area contributed by atoms with E-state index in [0.717, 1.165) is 12.8 Å². The molecule has 1 unspecified atom stereocenters. The molecular formula is C15H17FN4O. The number of rotatable bonds is 3. The number of carbonyl (C=O) groups is 1. The molecule has 2 bridgehead atoms. The second-order valence-corrected chi connectivity index (χ2v) is 5.91. The van der Waals surface area contributed by atoms with Gasteiger partial charge in [0, 0.05) is 35.4 Å². The highest BCUT2D eigenvalue weighted by Gasteiger charge is 2.50. The van der Waals surface area contributed by atoms with E-state index in [4.69, 9.17) is 5.53 Å². The van der Waals surface area contributed by atoms with Gasteiger partial charge in [0.2, 0.25) is 0 Å². The quantitative estimate of drug-likeness (QED) is 0.477. The number of piperidine rings is 1. The van der Waals surface area contributed by atoms with E-state index >= 15 is 0 Å². The van der Waals surface area contributed by atoms with Crippen LogP contribution in [0.4, 0.5) is 4.39 Å². The van der Waals surface area contributed by atoms with Gasteiger partial charge < -0.3 is 4.90 Å². The SMILES string of the molecule is [N-]=[N+]=NCC1(F)C[C@H]2CC[C@@H](C1)N2C(=O)c1ccccc1. The zero-order valence-electron chi connectivity index (χ0n) is 11.7. The molecule has 2 fully saturated rings. The summed E-state index contributed by atoms with van der Waals surface area (Å²) in [5.41, 5.74) is 7.56. The summed E-state index contributed by atoms with van der Waals surface area (Å²) in [7, 11) is 0. The maximum Gasteiger partial charge on any atom is 0.254 e. The van der Waals surface area contributed by atoms with Crippen LogP contribution in [0.1, 0.15) is 36.0 Å². The zero-order chi connectivity index (χ0) is 14.9. The van der Waals surface area contributed by atoms with Crippen LogP contribution < -0.4 is 0 Å². The largest absolute Gasteiger partial charge is 0.332 e. The highest BCUT2D eigenvalue weighted by atomic mass is 19.1. The monoisotopic (exact) mass is 288 g/mol. The van der Waals surface area contributed by atoms with Crippen molar-refractivity contribution in [1.82, 2.24) is 4.90 Å². The number of nitrogens with zero attached hydrogens (tertiary/aromatic N) is 4. The van der Waals surface area contributed by atoms with Crippen LogP contribution in [-0.2, 0) is 0 Å². The maximum atomic E-state index is 14.7. The molecule has 2 aliphatic heterocycles. The molecular weight excluding hydrogens is 271 g/mol. The van der Waals surface area contributed by atoms with Crippen molar-refractivity contribution in [2.75, 3.05) is 6.54 Å². The number of hydrogen-bond acceptors (Lipinski definition) is 2. The van der Waals surface area contributed by atoms with Crippen molar-refractivity contribution >= 4 is 5.91 Å². The van der Waals surface area contributed by atoms with Gasteiger partial charge in [-0.25, -0.2) is 4.39 Å². The molecule has 21 heavy (non-hydrogen) atoms. The van der Waals surface area contributed by atoms with Crippen molar-refractivity contribution in [2.45, 2.75) is 43.4 Å². The Labute approximate surface area is 122 Å². The Morgan fingerprint density at radius 3 is 2.52 bits per heavy atom. The highest BCUT2D eigenvalue weighted by Crippen LogP contribution is 2.43. The summed E-state index contributed by atoms with van der Waals surface area (Å²) in [5.74, 6) is -0.0195. The van der Waals surface area contributed by atoms with E-state index in [9.17, 15) is 9.18 Å². The van der Waals surface area contributed by atoms with Gasteiger partial charge in [0.1, 0.15) is 5.67 Å². The summed E-state index contributed by atoms with van der Waals surface area (Å²) in [6.07, 6.45) is 2.18. The van der Waals surface area contributed by atoms with Gasteiger partial charge in [-0.15, -0.1) is 0 Å². The number of amides is 1. The topological polar surface area (TPSA) is 69.1 Å². The van der Waals surface area contributed by atoms with E-state index < -0.39 is 5.67 Å². The van der Waals surface area contributed by atoms with Crippen molar-refractivity contribution in [3.63, 3.8) is 0 Å². The summed E-state index contributed by atoms with van der Waals surface area (Å²) < 4.78 is 14.7. The van der Waals surface area contributed by atoms with E-state index in [-0.39, 0.29) is 37.4 Å². The molecule has 2 saturated heterocycles. The summed E-state index contributed by atoms with van der Waals surface area (Å²) in [6.45, 7) is -0.135. The fourth-order valence-corrected chi connectivity index (χ4v) is 3.64. The van der Waals surface area contributed by atoms with E-state index in [1.807, 2.05) is 23.1 Å². The Kier molecular flexibility index (Phi) is 3.55. The van der Waals surface area contributed by atoms with Gasteiger partial charge in [-0.05, 0) is 30.5 Å². The van der Waals surface area contributed by atoms with Gasteiger partial charge in [0.15, 0.2) is 0 Å². The molecule has 0 spiro atoms. The summed E-state index contributed by atoms with van der Waals surface area (Å²) in [6, 6.07) is 8.94. The van der Waals surface area contributed by atoms with Crippen LogP contribution in [0.2, 0.25) is 0 Å². The second kappa shape index (κ2) is 5.37. The molecule has 0 aliphatic carbocycles. The first-order chi connectivity index (χ1) is 10.1. The predicted molar refractivity (Wildman–Crippen MR) is 76.5 cm³/mol. The minimum atomic E-state index is -1.47. The van der Waals surface area contributed by atoms with Crippen LogP contribution in [0, 0.1) is 0 Å². The molecule has 0 aromatic heterocycles. The molecule has 0 radical (unpaired) electrons. The van der Waals surface area contributed by atoms with Gasteiger partial charge in [0.25, 0.3) is 5.91 Å². The van der Waals surface area contributed by atoms with Crippen LogP contribution >= 0.6 is 0 Å². The number of benzene rings is 1. The summed E-state index contributed by atoms with van der Waals surface area (Å²) in [5, 5.41) is 3.39. The van der Waals surface area contributed by atoms with Crippen molar-refractivity contribution in [3.8, 4) is 0 Å². The van der Waals surface area contributed by atoms with Crippen LogP contribution in [0.15, 0.2) is 35.4 Å². The Morgan fingerprint density at radius 1 is 1.33 bits per heavy atom. The van der Waals surface area contributed by atoms with E-state index in [1.165, 1.54) is 0 Å². The van der Waals surface area contributed by atoms with Gasteiger partial charge >= 0.3 is 0 Å². The first-order valence-corrected chi connectivity index (χ1v) is 7.20. The van der Waals surface area contributed by atoms with Crippen LogP contribution in [0.3, 0.4) is 0 Å². The van der Waals surface area contributed by atoms with Gasteiger partial charge in [-0.2, -0.15) is 0 Å². The average molecular weight is 288 g/mol. The number of alkyl halides is 1. The lowest BCUT2D eigenvalue weighted by atomic mass is 9.87. The predicted octanol–water partition coefficient (Wildman–Crippen LogP) is 3.47. The Hall–Kier alpha value is -2.07. The maximum absolute atomic E-state index is 14.7. The Bertz CT molecular complexity index is 571. The summed E-state index contributed by atoms with van der Waals surface area (Å²) >= 11 is 0. The van der Waals surface area contributed by atoms with Gasteiger partial charge in [-0.1, -0.05) is 23.3 Å². The minimum absolute atomic E-state index is 0.0195. The van der Waals surface area contributed by atoms with E-state index in [2.05, 4.69) is 10.0 Å². The molecule has 2 aliphatic rings. The van der Waals surface area contributed by atoms with Crippen molar-refractivity contribution < 1.29 is 9.18 Å². The second-order valence-electron chi connectivity index (χ2n) is 5.91. The smallest absolute Gasteiger partial charge is 0.254 e. The van der Waals surface area contributed by atoms with Crippen molar-refractivity contribution in [2.24, 2.45) is 5.11 Å². The minimum Gasteiger partial charge on any atom is -0.332 e. The number of fused-ring (bicyclic) bond motifs is 2. The third kappa shape index (κ3) is 2.59. The lowest BCUT2D eigenvalue weighted by Crippen LogP contribution is -2.52. The fourth-order valence-electron chi connectivity index (χ4n) is 3.64. The third-order valence-electron chi connectivity index (χ3n) is 4.50. The molecule has 1 aromatic carbocycles. The molecule has 1 aromatic rings. The van der Waals surface area contributed by atoms with E-state index in [0.29, 0.717) is 5.56 Å². The number of carbonyl (C=O) groups excluding carboxylic acids is 1. The first kappa shape index (κ1) is 13.9. The summed E-state index contributed by atoms with van der Waals surface area (Å²) in [4.78, 5) is 17.1. The molecule has 0 N–H and O–H groups in total. The van der Waals surface area contributed by atoms with Crippen LogP contribution in [0.5, 0.6) is 0 Å². The normalized spacial score (nSPS) is 30.8. The molecule has 3 atom stereocenters. The van der Waals surface area contributed by atoms with Crippen molar-refractivity contribution in [1.29, 1.82) is 0 Å². The van der Waals surface area contributed by atoms with Crippen LogP contribution in [-0.4, -0.2) is 35.1 Å².